The van der Waals surface area contributed by atoms with Gasteiger partial charge in [-0.1, -0.05) is 0 Å². The first-order chi connectivity index (χ1) is 11.7. The molecule has 9 heteroatoms. The van der Waals surface area contributed by atoms with Crippen molar-refractivity contribution in [2.45, 2.75) is 6.42 Å². The summed E-state index contributed by atoms with van der Waals surface area (Å²) in [5, 5.41) is 3.87. The highest BCUT2D eigenvalue weighted by Gasteiger charge is 2.18. The molecule has 1 fully saturated rings. The van der Waals surface area contributed by atoms with Gasteiger partial charge in [0, 0.05) is 52.2 Å². The highest BCUT2D eigenvalue weighted by Crippen LogP contribution is 2.10. The molecule has 0 aromatic carbocycles. The van der Waals surface area contributed by atoms with E-state index in [2.05, 4.69) is 29.9 Å². The molecule has 9 nitrogen and oxygen atoms in total. The van der Waals surface area contributed by atoms with Gasteiger partial charge in [-0.3, -0.25) is 4.90 Å². The van der Waals surface area contributed by atoms with E-state index in [-0.39, 0.29) is 5.88 Å². The molecule has 1 aliphatic heterocycles. The molecule has 24 heavy (non-hydrogen) atoms. The second-order valence-corrected chi connectivity index (χ2v) is 5.58. The molecule has 0 atom stereocenters. The number of nitrogens with zero attached hydrogens (tertiary/aromatic N) is 7. The van der Waals surface area contributed by atoms with Crippen LogP contribution >= 0.6 is 0 Å². The van der Waals surface area contributed by atoms with Crippen LogP contribution in [0.1, 0.15) is 6.42 Å². The molecule has 0 spiro atoms. The van der Waals surface area contributed by atoms with Gasteiger partial charge in [-0.15, -0.1) is 0 Å². The summed E-state index contributed by atoms with van der Waals surface area (Å²) < 4.78 is 6.65. The zero-order valence-electron chi connectivity index (χ0n) is 13.7. The Hall–Kier alpha value is -2.55. The van der Waals surface area contributed by atoms with Gasteiger partial charge in [0.1, 0.15) is 6.20 Å². The molecule has 3 heterocycles. The summed E-state index contributed by atoms with van der Waals surface area (Å²) in [5.41, 5.74) is -0.410. The van der Waals surface area contributed by atoms with Crippen molar-refractivity contribution in [1.82, 2.24) is 29.6 Å². The molecule has 1 aliphatic rings. The summed E-state index contributed by atoms with van der Waals surface area (Å²) in [6, 6.07) is 1.83. The quantitative estimate of drug-likeness (QED) is 0.658. The SMILES string of the molecule is Cn1ncc(OCCCN2CCN(c3ncccn3)CC2)nc1=O. The Labute approximate surface area is 139 Å². The van der Waals surface area contributed by atoms with Crippen LogP contribution in [-0.4, -0.2) is 69.0 Å². The molecule has 0 bridgehead atoms. The van der Waals surface area contributed by atoms with Crippen molar-refractivity contribution >= 4 is 5.95 Å². The number of hydrogen-bond donors (Lipinski definition) is 0. The number of piperazine rings is 1. The molecule has 3 rings (SSSR count). The second kappa shape index (κ2) is 7.82. The van der Waals surface area contributed by atoms with E-state index in [1.165, 1.54) is 10.9 Å². The van der Waals surface area contributed by atoms with Crippen LogP contribution in [0.15, 0.2) is 29.5 Å². The monoisotopic (exact) mass is 331 g/mol. The first kappa shape index (κ1) is 16.3. The molecule has 0 radical (unpaired) electrons. The van der Waals surface area contributed by atoms with Crippen molar-refractivity contribution in [1.29, 1.82) is 0 Å². The molecule has 0 saturated carbocycles. The summed E-state index contributed by atoms with van der Waals surface area (Å²) in [5.74, 6) is 1.08. The first-order valence-corrected chi connectivity index (χ1v) is 8.00. The largest absolute Gasteiger partial charge is 0.476 e. The van der Waals surface area contributed by atoms with E-state index in [9.17, 15) is 4.79 Å². The molecule has 1 saturated heterocycles. The Morgan fingerprint density at radius 1 is 1.17 bits per heavy atom. The highest BCUT2D eigenvalue weighted by atomic mass is 16.5. The topological polar surface area (TPSA) is 89.3 Å². The van der Waals surface area contributed by atoms with Crippen molar-refractivity contribution < 1.29 is 4.74 Å². The lowest BCUT2D eigenvalue weighted by atomic mass is 10.3. The number of aryl methyl sites for hydroxylation is 1. The lowest BCUT2D eigenvalue weighted by molar-refractivity contribution is 0.220. The fraction of sp³-hybridized carbons (Fsp3) is 0.533. The minimum Gasteiger partial charge on any atom is -0.476 e. The van der Waals surface area contributed by atoms with Crippen molar-refractivity contribution in [3.05, 3.63) is 35.1 Å². The fourth-order valence-electron chi connectivity index (χ4n) is 2.54. The van der Waals surface area contributed by atoms with Gasteiger partial charge in [0.15, 0.2) is 0 Å². The van der Waals surface area contributed by atoms with Crippen molar-refractivity contribution in [3.8, 4) is 5.88 Å². The van der Waals surface area contributed by atoms with Crippen LogP contribution in [0.4, 0.5) is 5.95 Å². The van der Waals surface area contributed by atoms with Crippen LogP contribution in [0.3, 0.4) is 0 Å². The summed E-state index contributed by atoms with van der Waals surface area (Å²) >= 11 is 0. The Bertz CT molecular complexity index is 698. The number of anilines is 1. The first-order valence-electron chi connectivity index (χ1n) is 8.00. The lowest BCUT2D eigenvalue weighted by Crippen LogP contribution is -2.47. The molecular formula is C15H21N7O2. The highest BCUT2D eigenvalue weighted by molar-refractivity contribution is 5.29. The third kappa shape index (κ3) is 4.25. The second-order valence-electron chi connectivity index (χ2n) is 5.58. The standard InChI is InChI=1S/C15H21N7O2/c1-20-15(23)19-13(12-18-20)24-11-3-6-21-7-9-22(10-8-21)14-16-4-2-5-17-14/h2,4-5,12H,3,6-11H2,1H3. The average molecular weight is 331 g/mol. The Morgan fingerprint density at radius 2 is 1.92 bits per heavy atom. The van der Waals surface area contributed by atoms with E-state index in [0.29, 0.717) is 6.61 Å². The number of ether oxygens (including phenoxy) is 1. The smallest absolute Gasteiger partial charge is 0.366 e. The fourth-order valence-corrected chi connectivity index (χ4v) is 2.54. The van der Waals surface area contributed by atoms with Gasteiger partial charge in [0.2, 0.25) is 11.8 Å². The maximum atomic E-state index is 11.4. The predicted octanol–water partition coefficient (Wildman–Crippen LogP) is -0.444. The van der Waals surface area contributed by atoms with Gasteiger partial charge in [-0.05, 0) is 12.5 Å². The Morgan fingerprint density at radius 3 is 2.62 bits per heavy atom. The third-order valence-corrected chi connectivity index (χ3v) is 3.90. The third-order valence-electron chi connectivity index (χ3n) is 3.90. The van der Waals surface area contributed by atoms with Gasteiger partial charge < -0.3 is 9.64 Å². The normalized spacial score (nSPS) is 15.5. The van der Waals surface area contributed by atoms with Crippen LogP contribution in [0.5, 0.6) is 5.88 Å². The maximum Gasteiger partial charge on any atom is 0.366 e. The van der Waals surface area contributed by atoms with Crippen molar-refractivity contribution in [2.24, 2.45) is 7.05 Å². The zero-order valence-corrected chi connectivity index (χ0v) is 13.7. The molecule has 0 amide bonds. The molecule has 2 aromatic heterocycles. The molecule has 0 aliphatic carbocycles. The minimum absolute atomic E-state index is 0.282. The van der Waals surface area contributed by atoms with Gasteiger partial charge in [0.05, 0.1) is 6.61 Å². The molecule has 128 valence electrons. The van der Waals surface area contributed by atoms with E-state index < -0.39 is 5.69 Å². The van der Waals surface area contributed by atoms with Crippen LogP contribution in [0.25, 0.3) is 0 Å². The zero-order chi connectivity index (χ0) is 16.8. The summed E-state index contributed by atoms with van der Waals surface area (Å²) in [4.78, 5) is 28.3. The summed E-state index contributed by atoms with van der Waals surface area (Å²) in [6.45, 7) is 5.26. The molecule has 0 unspecified atom stereocenters. The predicted molar refractivity (Wildman–Crippen MR) is 88.1 cm³/mol. The van der Waals surface area contributed by atoms with Gasteiger partial charge >= 0.3 is 5.69 Å². The lowest BCUT2D eigenvalue weighted by Gasteiger charge is -2.34. The van der Waals surface area contributed by atoms with E-state index in [4.69, 9.17) is 4.74 Å². The summed E-state index contributed by atoms with van der Waals surface area (Å²) in [6.07, 6.45) is 5.87. The molecular weight excluding hydrogens is 310 g/mol. The number of aromatic nitrogens is 5. The maximum absolute atomic E-state index is 11.4. The van der Waals surface area contributed by atoms with E-state index in [1.807, 2.05) is 6.07 Å². The van der Waals surface area contributed by atoms with Gasteiger partial charge in [-0.25, -0.2) is 19.4 Å². The number of hydrogen-bond acceptors (Lipinski definition) is 8. The Kier molecular flexibility index (Phi) is 5.32. The Balaban J connectivity index is 1.36. The summed E-state index contributed by atoms with van der Waals surface area (Å²) in [7, 11) is 1.55. The van der Waals surface area contributed by atoms with Crippen LogP contribution in [0, 0.1) is 0 Å². The van der Waals surface area contributed by atoms with Gasteiger partial charge in [-0.2, -0.15) is 10.1 Å². The van der Waals surface area contributed by atoms with Gasteiger partial charge in [0.25, 0.3) is 0 Å². The van der Waals surface area contributed by atoms with Crippen molar-refractivity contribution in [3.63, 3.8) is 0 Å². The van der Waals surface area contributed by atoms with Crippen LogP contribution in [0.2, 0.25) is 0 Å². The van der Waals surface area contributed by atoms with Crippen molar-refractivity contribution in [2.75, 3.05) is 44.2 Å². The van der Waals surface area contributed by atoms with E-state index in [1.54, 1.807) is 19.4 Å². The van der Waals surface area contributed by atoms with Crippen LogP contribution < -0.4 is 15.3 Å². The minimum atomic E-state index is -0.410. The molecule has 2 aromatic rings. The molecule has 0 N–H and O–H groups in total. The van der Waals surface area contributed by atoms with E-state index in [0.717, 1.165) is 45.1 Å². The number of rotatable bonds is 6. The average Bonchev–Trinajstić information content (AvgIpc) is 2.63. The van der Waals surface area contributed by atoms with E-state index >= 15 is 0 Å². The van der Waals surface area contributed by atoms with Crippen LogP contribution in [-0.2, 0) is 7.05 Å².